The highest BCUT2D eigenvalue weighted by Crippen LogP contribution is 2.25. The first kappa shape index (κ1) is 17.3. The van der Waals surface area contributed by atoms with Gasteiger partial charge in [0.05, 0.1) is 0 Å². The third-order valence-electron chi connectivity index (χ3n) is 5.18. The lowest BCUT2D eigenvalue weighted by Crippen LogP contribution is -2.45. The summed E-state index contributed by atoms with van der Waals surface area (Å²) in [5, 5.41) is 7.59. The molecule has 0 unspecified atom stereocenters. The number of amides is 1. The maximum atomic E-state index is 12.9. The number of carbonyl (C=O) groups is 1. The Morgan fingerprint density at radius 1 is 1.31 bits per heavy atom. The van der Waals surface area contributed by atoms with E-state index < -0.39 is 0 Å². The molecule has 0 saturated carbocycles. The molecule has 4 heterocycles. The Morgan fingerprint density at radius 3 is 2.73 bits per heavy atom. The molecule has 3 aromatic heterocycles. The first-order valence-electron chi connectivity index (χ1n) is 9.24. The number of aryl methyl sites for hydroxylation is 1. The summed E-state index contributed by atoms with van der Waals surface area (Å²) in [5.41, 5.74) is 0.406. The zero-order valence-electron chi connectivity index (χ0n) is 15.4. The molecule has 4 rings (SSSR count). The summed E-state index contributed by atoms with van der Waals surface area (Å²) < 4.78 is 3.29. The molecule has 1 amide bonds. The van der Waals surface area contributed by atoms with Gasteiger partial charge in [-0.1, -0.05) is 20.8 Å². The number of hydrogen-bond acceptors (Lipinski definition) is 4. The van der Waals surface area contributed by atoms with Crippen LogP contribution >= 0.6 is 11.3 Å². The summed E-state index contributed by atoms with van der Waals surface area (Å²) in [6.07, 6.45) is 1.85. The van der Waals surface area contributed by atoms with Crippen molar-refractivity contribution in [1.82, 2.24) is 19.1 Å². The van der Waals surface area contributed by atoms with Gasteiger partial charge in [0.15, 0.2) is 0 Å². The Bertz CT molecular complexity index is 1020. The first-order valence-corrected chi connectivity index (χ1v) is 10.1. The lowest BCUT2D eigenvalue weighted by atomic mass is 9.92. The molecule has 1 aliphatic heterocycles. The molecule has 138 valence electrons. The average Bonchev–Trinajstić information content (AvgIpc) is 3.18. The molecule has 0 aromatic carbocycles. The zero-order valence-corrected chi connectivity index (χ0v) is 16.3. The fourth-order valence-electron chi connectivity index (χ4n) is 4.13. The Hall–Kier alpha value is -2.15. The largest absolute Gasteiger partial charge is 0.341 e. The summed E-state index contributed by atoms with van der Waals surface area (Å²) in [7, 11) is 0. The van der Waals surface area contributed by atoms with Crippen molar-refractivity contribution in [2.45, 2.75) is 40.2 Å². The average molecular weight is 372 g/mol. The van der Waals surface area contributed by atoms with Crippen LogP contribution in [0, 0.1) is 11.8 Å². The van der Waals surface area contributed by atoms with Crippen LogP contribution in [0.1, 0.15) is 33.0 Å². The number of thiophene rings is 1. The van der Waals surface area contributed by atoms with Crippen molar-refractivity contribution in [2.24, 2.45) is 11.8 Å². The topological polar surface area (TPSA) is 59.6 Å². The van der Waals surface area contributed by atoms with Gasteiger partial charge in [0.2, 0.25) is 5.91 Å². The molecule has 1 fully saturated rings. The second kappa shape index (κ2) is 6.54. The molecule has 0 aliphatic carbocycles. The van der Waals surface area contributed by atoms with Gasteiger partial charge in [0, 0.05) is 24.9 Å². The van der Waals surface area contributed by atoms with Crippen LogP contribution in [0.15, 0.2) is 22.3 Å². The molecule has 0 N–H and O–H groups in total. The van der Waals surface area contributed by atoms with E-state index in [9.17, 15) is 9.59 Å². The van der Waals surface area contributed by atoms with Crippen LogP contribution in [0.2, 0.25) is 0 Å². The van der Waals surface area contributed by atoms with E-state index in [1.54, 1.807) is 11.3 Å². The number of carbonyl (C=O) groups excluding carboxylic acids is 1. The van der Waals surface area contributed by atoms with E-state index in [4.69, 9.17) is 0 Å². The maximum absolute atomic E-state index is 12.9. The standard InChI is InChI=1S/C19H24N4O2S/c1-4-16-20-22(11-17(24)21-9-12(2)7-13(3)10-21)18(25)15-8-14-5-6-26-19(14)23(15)16/h5-6,8,12-13H,4,7,9-11H2,1-3H3/t12-,13-/m1/s1. The second-order valence-electron chi connectivity index (χ2n) is 7.52. The van der Waals surface area contributed by atoms with Crippen LogP contribution in [0.25, 0.3) is 15.7 Å². The SMILES string of the molecule is CCc1nn(CC(=O)N2C[C@H](C)C[C@@H](C)C2)c(=O)c2cc3ccsc3n12. The molecule has 7 heteroatoms. The van der Waals surface area contributed by atoms with E-state index in [0.717, 1.165) is 35.6 Å². The minimum absolute atomic E-state index is 0.0145. The predicted octanol–water partition coefficient (Wildman–Crippen LogP) is 2.78. The van der Waals surface area contributed by atoms with Crippen LogP contribution < -0.4 is 5.56 Å². The van der Waals surface area contributed by atoms with Crippen LogP contribution in [0.5, 0.6) is 0 Å². The fourth-order valence-corrected chi connectivity index (χ4v) is 5.05. The van der Waals surface area contributed by atoms with Gasteiger partial charge >= 0.3 is 0 Å². The minimum atomic E-state index is -0.197. The van der Waals surface area contributed by atoms with E-state index in [0.29, 0.717) is 23.8 Å². The monoisotopic (exact) mass is 372 g/mol. The second-order valence-corrected chi connectivity index (χ2v) is 8.42. The first-order chi connectivity index (χ1) is 12.5. The number of hydrogen-bond donors (Lipinski definition) is 0. The Labute approximate surface area is 156 Å². The van der Waals surface area contributed by atoms with Crippen molar-refractivity contribution in [3.63, 3.8) is 0 Å². The van der Waals surface area contributed by atoms with Gasteiger partial charge in [-0.2, -0.15) is 5.10 Å². The molecule has 3 aromatic rings. The van der Waals surface area contributed by atoms with E-state index >= 15 is 0 Å². The fraction of sp³-hybridized carbons (Fsp3) is 0.526. The highest BCUT2D eigenvalue weighted by molar-refractivity contribution is 7.16. The molecule has 0 spiro atoms. The van der Waals surface area contributed by atoms with Crippen molar-refractivity contribution in [1.29, 1.82) is 0 Å². The van der Waals surface area contributed by atoms with Gasteiger partial charge in [-0.05, 0) is 35.8 Å². The predicted molar refractivity (Wildman–Crippen MR) is 104 cm³/mol. The lowest BCUT2D eigenvalue weighted by Gasteiger charge is -2.35. The summed E-state index contributed by atoms with van der Waals surface area (Å²) >= 11 is 1.60. The number of likely N-dealkylation sites (tertiary alicyclic amines) is 1. The van der Waals surface area contributed by atoms with E-state index in [2.05, 4.69) is 18.9 Å². The molecular formula is C19H24N4O2S. The molecule has 6 nitrogen and oxygen atoms in total. The maximum Gasteiger partial charge on any atom is 0.291 e. The highest BCUT2D eigenvalue weighted by Gasteiger charge is 2.26. The molecule has 1 aliphatic rings. The zero-order chi connectivity index (χ0) is 18.4. The lowest BCUT2D eigenvalue weighted by molar-refractivity contribution is -0.134. The summed E-state index contributed by atoms with van der Waals surface area (Å²) in [5.74, 6) is 1.79. The number of fused-ring (bicyclic) bond motifs is 3. The summed E-state index contributed by atoms with van der Waals surface area (Å²) in [6.45, 7) is 7.92. The van der Waals surface area contributed by atoms with E-state index in [1.807, 2.05) is 33.7 Å². The van der Waals surface area contributed by atoms with Crippen LogP contribution in [-0.2, 0) is 17.8 Å². The number of rotatable bonds is 3. The van der Waals surface area contributed by atoms with Gasteiger partial charge in [-0.25, -0.2) is 4.68 Å². The summed E-state index contributed by atoms with van der Waals surface area (Å²) in [6, 6.07) is 3.92. The van der Waals surface area contributed by atoms with Crippen LogP contribution in [0.3, 0.4) is 0 Å². The number of nitrogens with zero attached hydrogens (tertiary/aromatic N) is 4. The Balaban J connectivity index is 1.71. The van der Waals surface area contributed by atoms with Crippen molar-refractivity contribution < 1.29 is 4.79 Å². The molecule has 0 radical (unpaired) electrons. The smallest absolute Gasteiger partial charge is 0.291 e. The van der Waals surface area contributed by atoms with Crippen LogP contribution in [-0.4, -0.2) is 38.1 Å². The normalized spacial score (nSPS) is 21.0. The molecule has 2 atom stereocenters. The van der Waals surface area contributed by atoms with Crippen molar-refractivity contribution in [3.8, 4) is 0 Å². The minimum Gasteiger partial charge on any atom is -0.341 e. The Kier molecular flexibility index (Phi) is 4.34. The summed E-state index contributed by atoms with van der Waals surface area (Å²) in [4.78, 5) is 28.6. The number of piperidine rings is 1. The van der Waals surface area contributed by atoms with Gasteiger partial charge in [-0.3, -0.25) is 14.0 Å². The number of aromatic nitrogens is 3. The third kappa shape index (κ3) is 2.84. The quantitative estimate of drug-likeness (QED) is 0.710. The van der Waals surface area contributed by atoms with Gasteiger partial charge in [0.25, 0.3) is 5.56 Å². The van der Waals surface area contributed by atoms with Crippen LogP contribution in [0.4, 0.5) is 0 Å². The van der Waals surface area contributed by atoms with Gasteiger partial charge < -0.3 is 4.90 Å². The van der Waals surface area contributed by atoms with E-state index in [1.165, 1.54) is 4.68 Å². The highest BCUT2D eigenvalue weighted by atomic mass is 32.1. The van der Waals surface area contributed by atoms with Crippen molar-refractivity contribution in [2.75, 3.05) is 13.1 Å². The van der Waals surface area contributed by atoms with E-state index in [-0.39, 0.29) is 18.0 Å². The Morgan fingerprint density at radius 2 is 2.04 bits per heavy atom. The third-order valence-corrected chi connectivity index (χ3v) is 6.09. The van der Waals surface area contributed by atoms with Gasteiger partial charge in [0.1, 0.15) is 22.7 Å². The molecule has 0 bridgehead atoms. The molecular weight excluding hydrogens is 348 g/mol. The molecule has 26 heavy (non-hydrogen) atoms. The molecule has 1 saturated heterocycles. The van der Waals surface area contributed by atoms with Crippen molar-refractivity contribution in [3.05, 3.63) is 33.7 Å². The van der Waals surface area contributed by atoms with Gasteiger partial charge in [-0.15, -0.1) is 11.3 Å². The van der Waals surface area contributed by atoms with Crippen molar-refractivity contribution >= 4 is 33.0 Å².